The fourth-order valence-corrected chi connectivity index (χ4v) is 3.23. The molecule has 1 N–H and O–H groups in total. The Bertz CT molecular complexity index is 660. The monoisotopic (exact) mass is 358 g/mol. The van der Waals surface area contributed by atoms with Crippen molar-refractivity contribution < 1.29 is 14.2 Å². The minimum atomic E-state index is -0.620. The van der Waals surface area contributed by atoms with Gasteiger partial charge in [-0.05, 0) is 24.1 Å². The molecular weight excluding hydrogens is 331 g/mol. The van der Waals surface area contributed by atoms with Gasteiger partial charge in [0.1, 0.15) is 12.7 Å². The number of rotatable bonds is 8. The minimum Gasteiger partial charge on any atom is -0.488 e. The predicted molar refractivity (Wildman–Crippen MR) is 101 cm³/mol. The maximum Gasteiger partial charge on any atom is 0.165 e. The van der Waals surface area contributed by atoms with Crippen molar-refractivity contribution in [3.8, 4) is 5.75 Å². The molecular formula is C21H27FN2O2. The van der Waals surface area contributed by atoms with E-state index in [1.54, 1.807) is 18.2 Å². The van der Waals surface area contributed by atoms with E-state index in [1.807, 2.05) is 6.07 Å². The molecule has 2 aromatic rings. The molecule has 1 unspecified atom stereocenters. The summed E-state index contributed by atoms with van der Waals surface area (Å²) in [4.78, 5) is 4.71. The van der Waals surface area contributed by atoms with Crippen molar-refractivity contribution in [2.24, 2.45) is 0 Å². The van der Waals surface area contributed by atoms with Gasteiger partial charge in [0.05, 0.1) is 0 Å². The highest BCUT2D eigenvalue weighted by Crippen LogP contribution is 2.15. The fraction of sp³-hybridized carbons (Fsp3) is 0.429. The van der Waals surface area contributed by atoms with E-state index in [2.05, 4.69) is 34.1 Å². The summed E-state index contributed by atoms with van der Waals surface area (Å²) < 4.78 is 18.9. The van der Waals surface area contributed by atoms with Gasteiger partial charge in [0, 0.05) is 39.3 Å². The number of para-hydroxylation sites is 1. The summed E-state index contributed by atoms with van der Waals surface area (Å²) in [7, 11) is 0. The van der Waals surface area contributed by atoms with Crippen molar-refractivity contribution in [2.75, 3.05) is 45.9 Å². The second-order valence-corrected chi connectivity index (χ2v) is 6.77. The SMILES string of the molecule is OC(COc1ccccc1F)CN1CCN(CCc2ccccc2)CC1. The molecule has 1 atom stereocenters. The molecule has 2 aromatic carbocycles. The molecule has 0 radical (unpaired) electrons. The molecule has 26 heavy (non-hydrogen) atoms. The predicted octanol–water partition coefficient (Wildman–Crippen LogP) is 2.43. The lowest BCUT2D eigenvalue weighted by Crippen LogP contribution is -2.49. The lowest BCUT2D eigenvalue weighted by molar-refractivity contribution is 0.0454. The third kappa shape index (κ3) is 5.80. The van der Waals surface area contributed by atoms with Crippen LogP contribution in [0.15, 0.2) is 54.6 Å². The molecule has 140 valence electrons. The number of hydrogen-bond acceptors (Lipinski definition) is 4. The van der Waals surface area contributed by atoms with Gasteiger partial charge in [0.15, 0.2) is 11.6 Å². The number of aliphatic hydroxyl groups excluding tert-OH is 1. The number of halogens is 1. The smallest absolute Gasteiger partial charge is 0.165 e. The molecule has 1 aliphatic rings. The molecule has 1 heterocycles. The Hall–Kier alpha value is -1.95. The van der Waals surface area contributed by atoms with Crippen LogP contribution in [-0.4, -0.2) is 66.9 Å². The zero-order chi connectivity index (χ0) is 18.2. The lowest BCUT2D eigenvalue weighted by atomic mass is 10.1. The fourth-order valence-electron chi connectivity index (χ4n) is 3.23. The second-order valence-electron chi connectivity index (χ2n) is 6.77. The Morgan fingerprint density at radius 2 is 1.58 bits per heavy atom. The van der Waals surface area contributed by atoms with Crippen molar-refractivity contribution in [3.05, 3.63) is 66.0 Å². The van der Waals surface area contributed by atoms with Crippen LogP contribution in [0.4, 0.5) is 4.39 Å². The molecule has 0 aliphatic carbocycles. The third-order valence-electron chi connectivity index (χ3n) is 4.76. The van der Waals surface area contributed by atoms with Crippen molar-refractivity contribution in [1.29, 1.82) is 0 Å². The van der Waals surface area contributed by atoms with Gasteiger partial charge in [0.2, 0.25) is 0 Å². The minimum absolute atomic E-state index is 0.106. The molecule has 1 saturated heterocycles. The van der Waals surface area contributed by atoms with Crippen LogP contribution < -0.4 is 4.74 Å². The zero-order valence-electron chi connectivity index (χ0n) is 15.1. The number of nitrogens with zero attached hydrogens (tertiary/aromatic N) is 2. The average Bonchev–Trinajstić information content (AvgIpc) is 2.68. The summed E-state index contributed by atoms with van der Waals surface area (Å²) in [5.41, 5.74) is 1.37. The second kappa shape index (κ2) is 9.67. The normalized spacial score (nSPS) is 17.2. The molecule has 0 saturated carbocycles. The van der Waals surface area contributed by atoms with Crippen molar-refractivity contribution in [3.63, 3.8) is 0 Å². The van der Waals surface area contributed by atoms with E-state index < -0.39 is 11.9 Å². The molecule has 0 bridgehead atoms. The van der Waals surface area contributed by atoms with Crippen LogP contribution >= 0.6 is 0 Å². The standard InChI is InChI=1S/C21H27FN2O2/c22-20-8-4-5-9-21(20)26-17-19(25)16-24-14-12-23(13-15-24)11-10-18-6-2-1-3-7-18/h1-9,19,25H,10-17H2. The molecule has 0 spiro atoms. The maximum absolute atomic E-state index is 13.5. The Labute approximate surface area is 154 Å². The number of hydrogen-bond donors (Lipinski definition) is 1. The van der Waals surface area contributed by atoms with E-state index in [1.165, 1.54) is 11.6 Å². The topological polar surface area (TPSA) is 35.9 Å². The first-order chi connectivity index (χ1) is 12.7. The van der Waals surface area contributed by atoms with E-state index in [4.69, 9.17) is 4.74 Å². The first-order valence-corrected chi connectivity index (χ1v) is 9.25. The highest BCUT2D eigenvalue weighted by Gasteiger charge is 2.19. The summed E-state index contributed by atoms with van der Waals surface area (Å²) in [6.07, 6.45) is 0.449. The molecule has 3 rings (SSSR count). The van der Waals surface area contributed by atoms with Gasteiger partial charge in [-0.2, -0.15) is 0 Å². The van der Waals surface area contributed by atoms with Gasteiger partial charge in [-0.3, -0.25) is 4.90 Å². The quantitative estimate of drug-likeness (QED) is 0.786. The Balaban J connectivity index is 1.34. The zero-order valence-corrected chi connectivity index (χ0v) is 15.1. The van der Waals surface area contributed by atoms with Crippen LogP contribution in [0, 0.1) is 5.82 Å². The molecule has 4 nitrogen and oxygen atoms in total. The van der Waals surface area contributed by atoms with Crippen LogP contribution in [0.3, 0.4) is 0 Å². The highest BCUT2D eigenvalue weighted by atomic mass is 19.1. The van der Waals surface area contributed by atoms with Gasteiger partial charge in [-0.15, -0.1) is 0 Å². The summed E-state index contributed by atoms with van der Waals surface area (Å²) in [5, 5.41) is 10.2. The summed E-state index contributed by atoms with van der Waals surface area (Å²) in [6, 6.07) is 16.8. The van der Waals surface area contributed by atoms with Gasteiger partial charge in [-0.1, -0.05) is 42.5 Å². The Kier molecular flexibility index (Phi) is 7.00. The molecule has 0 amide bonds. The van der Waals surface area contributed by atoms with E-state index in [0.29, 0.717) is 6.54 Å². The number of aliphatic hydroxyl groups is 1. The van der Waals surface area contributed by atoms with E-state index in [0.717, 1.165) is 39.1 Å². The van der Waals surface area contributed by atoms with Crippen LogP contribution in [-0.2, 0) is 6.42 Å². The summed E-state index contributed by atoms with van der Waals surface area (Å²) in [5.74, 6) is -0.205. The third-order valence-corrected chi connectivity index (χ3v) is 4.76. The average molecular weight is 358 g/mol. The van der Waals surface area contributed by atoms with Gasteiger partial charge in [-0.25, -0.2) is 4.39 Å². The number of ether oxygens (including phenoxy) is 1. The van der Waals surface area contributed by atoms with Crippen LogP contribution in [0.5, 0.6) is 5.75 Å². The number of benzene rings is 2. The Morgan fingerprint density at radius 3 is 2.31 bits per heavy atom. The van der Waals surface area contributed by atoms with Gasteiger partial charge < -0.3 is 14.7 Å². The van der Waals surface area contributed by atoms with E-state index >= 15 is 0 Å². The maximum atomic E-state index is 13.5. The molecule has 1 aliphatic heterocycles. The molecule has 0 aromatic heterocycles. The van der Waals surface area contributed by atoms with E-state index in [-0.39, 0.29) is 12.4 Å². The lowest BCUT2D eigenvalue weighted by Gasteiger charge is -2.35. The van der Waals surface area contributed by atoms with Crippen molar-refractivity contribution in [2.45, 2.75) is 12.5 Å². The Morgan fingerprint density at radius 1 is 0.923 bits per heavy atom. The van der Waals surface area contributed by atoms with Crippen LogP contribution in [0.1, 0.15) is 5.56 Å². The summed E-state index contributed by atoms with van der Waals surface area (Å²) >= 11 is 0. The van der Waals surface area contributed by atoms with E-state index in [9.17, 15) is 9.50 Å². The van der Waals surface area contributed by atoms with Crippen LogP contribution in [0.2, 0.25) is 0 Å². The first kappa shape index (κ1) is 18.8. The van der Waals surface area contributed by atoms with Crippen LogP contribution in [0.25, 0.3) is 0 Å². The first-order valence-electron chi connectivity index (χ1n) is 9.25. The molecule has 1 fully saturated rings. The number of piperazine rings is 1. The van der Waals surface area contributed by atoms with Gasteiger partial charge in [0.25, 0.3) is 0 Å². The molecule has 5 heteroatoms. The summed E-state index contributed by atoms with van der Waals surface area (Å²) in [6.45, 7) is 5.62. The van der Waals surface area contributed by atoms with Gasteiger partial charge >= 0.3 is 0 Å². The van der Waals surface area contributed by atoms with Crippen molar-refractivity contribution >= 4 is 0 Å². The highest BCUT2D eigenvalue weighted by molar-refractivity contribution is 5.23. The largest absolute Gasteiger partial charge is 0.488 e. The number of β-amino-alcohol motifs (C(OH)–C–C–N with tert-alkyl or cyclic N) is 1. The van der Waals surface area contributed by atoms with Crippen molar-refractivity contribution in [1.82, 2.24) is 9.80 Å².